The number of esters is 1. The summed E-state index contributed by atoms with van der Waals surface area (Å²) in [4.78, 5) is 23.9. The maximum Gasteiger partial charge on any atom is 0.338 e. The molecule has 1 aromatic rings. The van der Waals surface area contributed by atoms with E-state index in [2.05, 4.69) is 0 Å². The molecule has 30 heavy (non-hydrogen) atoms. The number of carbonyl (C=O) groups is 1. The number of nitro groups is 1. The Bertz CT molecular complexity index is 837. The molecule has 2 saturated carbocycles. The van der Waals surface area contributed by atoms with Crippen molar-refractivity contribution in [3.63, 3.8) is 0 Å². The first-order valence-electron chi connectivity index (χ1n) is 11.3. The highest BCUT2D eigenvalue weighted by Gasteiger charge is 2.45. The van der Waals surface area contributed by atoms with E-state index in [1.165, 1.54) is 37.8 Å². The highest BCUT2D eigenvalue weighted by atomic mass is 16.6. The fraction of sp³-hybridized carbons (Fsp3) is 0.625. The van der Waals surface area contributed by atoms with Crippen molar-refractivity contribution < 1.29 is 19.6 Å². The first kappa shape index (κ1) is 20.9. The smallest absolute Gasteiger partial charge is 0.338 e. The molecule has 0 bridgehead atoms. The highest BCUT2D eigenvalue weighted by molar-refractivity contribution is 5.92. The lowest BCUT2D eigenvalue weighted by Crippen LogP contribution is -2.41. The van der Waals surface area contributed by atoms with Crippen LogP contribution >= 0.6 is 0 Å². The van der Waals surface area contributed by atoms with Crippen LogP contribution in [0.1, 0.15) is 82.6 Å². The number of aliphatic hydroxyl groups is 1. The molecule has 0 amide bonds. The van der Waals surface area contributed by atoms with Gasteiger partial charge in [0.05, 0.1) is 10.5 Å². The molecule has 1 heterocycles. The van der Waals surface area contributed by atoms with Gasteiger partial charge in [0.15, 0.2) is 0 Å². The topological polar surface area (TPSA) is 89.7 Å². The zero-order valence-electron chi connectivity index (χ0n) is 17.6. The van der Waals surface area contributed by atoms with Crippen molar-refractivity contribution in [3.8, 4) is 0 Å². The number of rotatable bonds is 10. The number of benzene rings is 1. The molecule has 1 aromatic carbocycles. The quantitative estimate of drug-likeness (QED) is 0.290. The van der Waals surface area contributed by atoms with Gasteiger partial charge in [-0.3, -0.25) is 10.1 Å². The lowest BCUT2D eigenvalue weighted by atomic mass is 9.79. The monoisotopic (exact) mass is 413 g/mol. The average Bonchev–Trinajstić information content (AvgIpc) is 3.62. The number of carbonyl (C=O) groups excluding carboxylic acids is 1. The van der Waals surface area contributed by atoms with Crippen LogP contribution in [0.3, 0.4) is 0 Å². The van der Waals surface area contributed by atoms with E-state index in [1.54, 1.807) is 12.1 Å². The molecule has 0 spiro atoms. The van der Waals surface area contributed by atoms with Crippen molar-refractivity contribution in [1.29, 1.82) is 0 Å². The number of hydrogen-bond donors (Lipinski definition) is 1. The number of nitrogens with zero attached hydrogens (tertiary/aromatic N) is 1. The standard InChI is InChI=1S/C24H31NO5/c1-2-20(18-4-3-5-19(14-18)25(28)29)22-21(26)15-24(30-23(22)27,12-10-16-6-7-16)13-11-17-8-9-17/h3-5,14,16-17,20,26H,2,6-13,15H2,1H3. The summed E-state index contributed by atoms with van der Waals surface area (Å²) in [6.45, 7) is 1.92. The Labute approximate surface area is 177 Å². The van der Waals surface area contributed by atoms with Gasteiger partial charge in [-0.2, -0.15) is 0 Å². The minimum absolute atomic E-state index is 0.0153. The van der Waals surface area contributed by atoms with Gasteiger partial charge in [-0.1, -0.05) is 44.7 Å². The Hall–Kier alpha value is -2.37. The summed E-state index contributed by atoms with van der Waals surface area (Å²) in [5.74, 6) is 0.715. The maximum atomic E-state index is 13.2. The predicted molar refractivity (Wildman–Crippen MR) is 113 cm³/mol. The molecule has 1 unspecified atom stereocenters. The average molecular weight is 414 g/mol. The number of nitro benzene ring substituents is 1. The Balaban J connectivity index is 1.59. The van der Waals surface area contributed by atoms with E-state index in [0.717, 1.165) is 37.5 Å². The molecule has 3 aliphatic rings. The molecular weight excluding hydrogens is 382 g/mol. The summed E-state index contributed by atoms with van der Waals surface area (Å²) in [6, 6.07) is 6.32. The molecule has 4 rings (SSSR count). The molecule has 0 aromatic heterocycles. The molecule has 0 saturated heterocycles. The third kappa shape index (κ3) is 4.68. The fourth-order valence-electron chi connectivity index (χ4n) is 4.76. The van der Waals surface area contributed by atoms with Gasteiger partial charge in [0.25, 0.3) is 5.69 Å². The van der Waals surface area contributed by atoms with Crippen LogP contribution in [0.25, 0.3) is 0 Å². The Morgan fingerprint density at radius 1 is 1.20 bits per heavy atom. The second-order valence-electron chi connectivity index (χ2n) is 9.39. The van der Waals surface area contributed by atoms with Crippen LogP contribution in [0, 0.1) is 22.0 Å². The van der Waals surface area contributed by atoms with E-state index in [0.29, 0.717) is 18.4 Å². The SMILES string of the molecule is CCC(C1=C(O)CC(CCC2CC2)(CCC2CC2)OC1=O)c1cccc([N+](=O)[O-])c1. The summed E-state index contributed by atoms with van der Waals surface area (Å²) in [5, 5.41) is 22.2. The Morgan fingerprint density at radius 2 is 1.83 bits per heavy atom. The third-order valence-electron chi connectivity index (χ3n) is 6.98. The normalized spacial score (nSPS) is 22.0. The number of hydrogen-bond acceptors (Lipinski definition) is 5. The molecule has 2 fully saturated rings. The van der Waals surface area contributed by atoms with Gasteiger partial charge in [-0.15, -0.1) is 0 Å². The molecule has 1 atom stereocenters. The van der Waals surface area contributed by atoms with Gasteiger partial charge in [-0.05, 0) is 49.5 Å². The number of ether oxygens (including phenoxy) is 1. The van der Waals surface area contributed by atoms with Crippen LogP contribution in [-0.2, 0) is 9.53 Å². The van der Waals surface area contributed by atoms with Gasteiger partial charge in [0, 0.05) is 24.5 Å². The van der Waals surface area contributed by atoms with Crippen molar-refractivity contribution in [2.45, 2.75) is 82.7 Å². The van der Waals surface area contributed by atoms with Crippen LogP contribution in [0.2, 0.25) is 0 Å². The molecule has 1 aliphatic heterocycles. The lowest BCUT2D eigenvalue weighted by Gasteiger charge is -2.39. The molecule has 6 nitrogen and oxygen atoms in total. The maximum absolute atomic E-state index is 13.2. The molecule has 2 aliphatic carbocycles. The third-order valence-corrected chi connectivity index (χ3v) is 6.98. The second kappa shape index (κ2) is 8.40. The Morgan fingerprint density at radius 3 is 2.33 bits per heavy atom. The molecular formula is C24H31NO5. The van der Waals surface area contributed by atoms with Gasteiger partial charge in [0.1, 0.15) is 11.4 Å². The van der Waals surface area contributed by atoms with Crippen molar-refractivity contribution in [2.75, 3.05) is 0 Å². The first-order chi connectivity index (χ1) is 14.4. The van der Waals surface area contributed by atoms with E-state index in [-0.39, 0.29) is 17.0 Å². The first-order valence-corrected chi connectivity index (χ1v) is 11.3. The van der Waals surface area contributed by atoms with Gasteiger partial charge < -0.3 is 9.84 Å². The summed E-state index contributed by atoms with van der Waals surface area (Å²) in [5.41, 5.74) is 0.315. The van der Waals surface area contributed by atoms with Crippen molar-refractivity contribution in [2.24, 2.45) is 11.8 Å². The largest absolute Gasteiger partial charge is 0.512 e. The zero-order valence-corrected chi connectivity index (χ0v) is 17.6. The van der Waals surface area contributed by atoms with Gasteiger partial charge in [-0.25, -0.2) is 4.79 Å². The molecule has 162 valence electrons. The number of non-ortho nitro benzene ring substituents is 1. The van der Waals surface area contributed by atoms with Crippen molar-refractivity contribution in [3.05, 3.63) is 51.3 Å². The minimum atomic E-state index is -0.600. The minimum Gasteiger partial charge on any atom is -0.512 e. The number of cyclic esters (lactones) is 1. The van der Waals surface area contributed by atoms with Crippen LogP contribution in [0.15, 0.2) is 35.6 Å². The zero-order chi connectivity index (χ0) is 21.3. The van der Waals surface area contributed by atoms with E-state index in [4.69, 9.17) is 4.74 Å². The van der Waals surface area contributed by atoms with Crippen LogP contribution < -0.4 is 0 Å². The van der Waals surface area contributed by atoms with E-state index in [1.807, 2.05) is 6.92 Å². The second-order valence-corrected chi connectivity index (χ2v) is 9.39. The lowest BCUT2D eigenvalue weighted by molar-refractivity contribution is -0.384. The summed E-state index contributed by atoms with van der Waals surface area (Å²) < 4.78 is 6.10. The van der Waals surface area contributed by atoms with Crippen LogP contribution in [0.5, 0.6) is 0 Å². The van der Waals surface area contributed by atoms with Crippen molar-refractivity contribution >= 4 is 11.7 Å². The molecule has 0 radical (unpaired) electrons. The van der Waals surface area contributed by atoms with Crippen LogP contribution in [-0.4, -0.2) is 21.6 Å². The van der Waals surface area contributed by atoms with E-state index < -0.39 is 22.4 Å². The Kier molecular flexibility index (Phi) is 5.85. The summed E-state index contributed by atoms with van der Waals surface area (Å²) >= 11 is 0. The van der Waals surface area contributed by atoms with Gasteiger partial charge >= 0.3 is 5.97 Å². The summed E-state index contributed by atoms with van der Waals surface area (Å²) in [6.07, 6.45) is 9.63. The fourth-order valence-corrected chi connectivity index (χ4v) is 4.76. The predicted octanol–water partition coefficient (Wildman–Crippen LogP) is 5.97. The molecule has 1 N–H and O–H groups in total. The van der Waals surface area contributed by atoms with Crippen LogP contribution in [0.4, 0.5) is 5.69 Å². The molecule has 6 heteroatoms. The van der Waals surface area contributed by atoms with Crippen molar-refractivity contribution in [1.82, 2.24) is 0 Å². The highest BCUT2D eigenvalue weighted by Crippen LogP contribution is 2.46. The van der Waals surface area contributed by atoms with E-state index in [9.17, 15) is 20.0 Å². The summed E-state index contributed by atoms with van der Waals surface area (Å²) in [7, 11) is 0. The van der Waals surface area contributed by atoms with Gasteiger partial charge in [0.2, 0.25) is 0 Å². The van der Waals surface area contributed by atoms with E-state index >= 15 is 0 Å². The number of aliphatic hydroxyl groups excluding tert-OH is 1.